The molecule has 0 aliphatic carbocycles. The van der Waals surface area contributed by atoms with Crippen molar-refractivity contribution in [3.8, 4) is 0 Å². The molecule has 120 valence electrons. The summed E-state index contributed by atoms with van der Waals surface area (Å²) in [5.74, 6) is -0.642. The first-order chi connectivity index (χ1) is 10.9. The zero-order chi connectivity index (χ0) is 17.0. The number of nitrogens with zero attached hydrogens (tertiary/aromatic N) is 1. The summed E-state index contributed by atoms with van der Waals surface area (Å²) in [5.41, 5.74) is 11.8. The quantitative estimate of drug-likeness (QED) is 0.278. The minimum Gasteiger partial charge on any atom is -0.382 e. The Balaban J connectivity index is 2.30. The number of nitrogens with two attached hydrogens (primary N) is 1. The van der Waals surface area contributed by atoms with E-state index in [0.29, 0.717) is 11.4 Å². The van der Waals surface area contributed by atoms with Crippen LogP contribution in [0.1, 0.15) is 18.3 Å². The molecule has 0 aliphatic rings. The summed E-state index contributed by atoms with van der Waals surface area (Å²) in [6.45, 7) is 1.43. The Morgan fingerprint density at radius 3 is 2.65 bits per heavy atom. The second-order valence-electron chi connectivity index (χ2n) is 5.04. The highest BCUT2D eigenvalue weighted by Gasteiger charge is 2.30. The number of hydrogen-bond donors (Lipinski definition) is 6. The normalized spacial score (nSPS) is 14.1. The Kier molecular flexibility index (Phi) is 4.56. The Labute approximate surface area is 132 Å². The van der Waals surface area contributed by atoms with E-state index < -0.39 is 11.4 Å². The van der Waals surface area contributed by atoms with E-state index in [1.54, 1.807) is 18.2 Å². The standard InChI is InChI=1S/C15H17FN6O/c1-15(23,12-7-6-11(21-12)14(17)18)13(22-19)8-20-10-5-3-2-4-9(10)16/h2-8,19-21,23H,1H3,(H3,17,18)/b13-8-,22-19?. The minimum absolute atomic E-state index is 0.0438. The van der Waals surface area contributed by atoms with Crippen LogP contribution in [0.5, 0.6) is 0 Å². The number of aromatic amines is 1. The highest BCUT2D eigenvalue weighted by molar-refractivity contribution is 5.93. The van der Waals surface area contributed by atoms with Crippen molar-refractivity contribution in [2.75, 3.05) is 5.32 Å². The Morgan fingerprint density at radius 1 is 1.39 bits per heavy atom. The van der Waals surface area contributed by atoms with E-state index in [2.05, 4.69) is 15.4 Å². The molecule has 1 aromatic heterocycles. The van der Waals surface area contributed by atoms with Gasteiger partial charge < -0.3 is 21.1 Å². The third-order valence-corrected chi connectivity index (χ3v) is 3.36. The SMILES string of the molecule is CC(O)(/C(=C/Nc1ccccc1F)N=N)c1ccc(C(=N)N)[nH]1. The molecule has 0 spiro atoms. The van der Waals surface area contributed by atoms with Crippen LogP contribution >= 0.6 is 0 Å². The largest absolute Gasteiger partial charge is 0.382 e. The number of aliphatic hydroxyl groups is 1. The third kappa shape index (κ3) is 3.43. The van der Waals surface area contributed by atoms with Gasteiger partial charge in [-0.05, 0) is 31.2 Å². The molecule has 1 atom stereocenters. The van der Waals surface area contributed by atoms with Crippen molar-refractivity contribution in [3.05, 3.63) is 65.5 Å². The average Bonchev–Trinajstić information content (AvgIpc) is 3.00. The van der Waals surface area contributed by atoms with Gasteiger partial charge in [0.2, 0.25) is 0 Å². The van der Waals surface area contributed by atoms with Crippen LogP contribution in [0, 0.1) is 16.8 Å². The number of rotatable bonds is 6. The molecule has 0 amide bonds. The molecule has 2 rings (SSSR count). The van der Waals surface area contributed by atoms with Gasteiger partial charge in [0.1, 0.15) is 23.0 Å². The predicted molar refractivity (Wildman–Crippen MR) is 84.6 cm³/mol. The smallest absolute Gasteiger partial charge is 0.146 e. The number of aromatic nitrogens is 1. The third-order valence-electron chi connectivity index (χ3n) is 3.36. The minimum atomic E-state index is -1.65. The Bertz CT molecular complexity index is 765. The van der Waals surface area contributed by atoms with Crippen molar-refractivity contribution >= 4 is 11.5 Å². The maximum Gasteiger partial charge on any atom is 0.146 e. The molecule has 23 heavy (non-hydrogen) atoms. The van der Waals surface area contributed by atoms with Crippen LogP contribution in [0.15, 0.2) is 53.4 Å². The summed E-state index contributed by atoms with van der Waals surface area (Å²) in [5, 5.41) is 24.0. The molecule has 7 N–H and O–H groups in total. The lowest BCUT2D eigenvalue weighted by atomic mass is 9.99. The molecular formula is C15H17FN6O. The van der Waals surface area contributed by atoms with Crippen LogP contribution in [0.25, 0.3) is 0 Å². The number of para-hydroxylation sites is 1. The van der Waals surface area contributed by atoms with E-state index in [4.69, 9.17) is 16.7 Å². The molecule has 2 aromatic rings. The number of hydrogen-bond acceptors (Lipinski definition) is 5. The second kappa shape index (κ2) is 6.41. The van der Waals surface area contributed by atoms with Crippen molar-refractivity contribution in [2.24, 2.45) is 10.8 Å². The van der Waals surface area contributed by atoms with Gasteiger partial charge in [0.05, 0.1) is 17.1 Å². The first-order valence-corrected chi connectivity index (χ1v) is 6.71. The maximum absolute atomic E-state index is 13.6. The molecule has 0 aliphatic heterocycles. The van der Waals surface area contributed by atoms with E-state index >= 15 is 0 Å². The van der Waals surface area contributed by atoms with Gasteiger partial charge in [-0.15, -0.1) is 0 Å². The zero-order valence-electron chi connectivity index (χ0n) is 12.4. The molecule has 1 heterocycles. The van der Waals surface area contributed by atoms with E-state index in [9.17, 15) is 9.50 Å². The lowest BCUT2D eigenvalue weighted by Crippen LogP contribution is -2.25. The first kappa shape index (κ1) is 16.4. The summed E-state index contributed by atoms with van der Waals surface area (Å²) in [7, 11) is 0. The van der Waals surface area contributed by atoms with Crippen LogP contribution in [-0.4, -0.2) is 15.9 Å². The summed E-state index contributed by atoms with van der Waals surface area (Å²) in [4.78, 5) is 2.79. The summed E-state index contributed by atoms with van der Waals surface area (Å²) < 4.78 is 13.6. The van der Waals surface area contributed by atoms with Gasteiger partial charge in [-0.3, -0.25) is 5.41 Å². The number of anilines is 1. The number of H-pyrrole nitrogens is 1. The summed E-state index contributed by atoms with van der Waals surface area (Å²) >= 11 is 0. The maximum atomic E-state index is 13.6. The lowest BCUT2D eigenvalue weighted by molar-refractivity contribution is 0.0903. The topological polar surface area (TPSA) is 134 Å². The second-order valence-corrected chi connectivity index (χ2v) is 5.04. The van der Waals surface area contributed by atoms with Crippen molar-refractivity contribution < 1.29 is 9.50 Å². The highest BCUT2D eigenvalue weighted by Crippen LogP contribution is 2.29. The van der Waals surface area contributed by atoms with Gasteiger partial charge in [0.25, 0.3) is 0 Å². The molecule has 8 heteroatoms. The van der Waals surface area contributed by atoms with Crippen LogP contribution < -0.4 is 11.1 Å². The van der Waals surface area contributed by atoms with Crippen molar-refractivity contribution in [3.63, 3.8) is 0 Å². The molecule has 0 radical (unpaired) electrons. The lowest BCUT2D eigenvalue weighted by Gasteiger charge is -2.22. The average molecular weight is 316 g/mol. The van der Waals surface area contributed by atoms with Gasteiger partial charge in [-0.25, -0.2) is 9.92 Å². The Morgan fingerprint density at radius 2 is 2.09 bits per heavy atom. The monoisotopic (exact) mass is 316 g/mol. The van der Waals surface area contributed by atoms with Gasteiger partial charge in [-0.1, -0.05) is 12.1 Å². The van der Waals surface area contributed by atoms with Crippen LogP contribution in [0.4, 0.5) is 10.1 Å². The molecule has 0 saturated heterocycles. The number of nitrogens with one attached hydrogen (secondary N) is 4. The van der Waals surface area contributed by atoms with Gasteiger partial charge >= 0.3 is 0 Å². The van der Waals surface area contributed by atoms with Crippen molar-refractivity contribution in [2.45, 2.75) is 12.5 Å². The van der Waals surface area contributed by atoms with Gasteiger partial charge in [-0.2, -0.15) is 5.11 Å². The van der Waals surface area contributed by atoms with E-state index in [1.807, 2.05) is 0 Å². The van der Waals surface area contributed by atoms with Crippen molar-refractivity contribution in [1.29, 1.82) is 10.9 Å². The van der Waals surface area contributed by atoms with Crippen LogP contribution in [0.3, 0.4) is 0 Å². The predicted octanol–water partition coefficient (Wildman–Crippen LogP) is 2.63. The highest BCUT2D eigenvalue weighted by atomic mass is 19.1. The fourth-order valence-electron chi connectivity index (χ4n) is 1.98. The molecule has 0 bridgehead atoms. The first-order valence-electron chi connectivity index (χ1n) is 6.71. The number of benzene rings is 1. The summed E-state index contributed by atoms with van der Waals surface area (Å²) in [6, 6.07) is 9.09. The zero-order valence-corrected chi connectivity index (χ0v) is 12.4. The van der Waals surface area contributed by atoms with Crippen molar-refractivity contribution in [1.82, 2.24) is 4.98 Å². The molecular weight excluding hydrogens is 299 g/mol. The van der Waals surface area contributed by atoms with E-state index in [0.717, 1.165) is 0 Å². The molecule has 1 aromatic carbocycles. The molecule has 0 fully saturated rings. The van der Waals surface area contributed by atoms with Crippen LogP contribution in [0.2, 0.25) is 0 Å². The summed E-state index contributed by atoms with van der Waals surface area (Å²) in [6.07, 6.45) is 1.25. The van der Waals surface area contributed by atoms with Gasteiger partial charge in [0, 0.05) is 6.20 Å². The van der Waals surface area contributed by atoms with E-state index in [1.165, 1.54) is 31.3 Å². The Hall–Kier alpha value is -3.00. The molecule has 7 nitrogen and oxygen atoms in total. The molecule has 1 unspecified atom stereocenters. The number of amidine groups is 1. The van der Waals surface area contributed by atoms with E-state index in [-0.39, 0.29) is 17.2 Å². The van der Waals surface area contributed by atoms with Gasteiger partial charge in [0.15, 0.2) is 0 Å². The fraction of sp³-hybridized carbons (Fsp3) is 0.133. The van der Waals surface area contributed by atoms with Crippen LogP contribution in [-0.2, 0) is 5.60 Å². The fourth-order valence-corrected chi connectivity index (χ4v) is 1.98. The molecule has 0 saturated carbocycles. The number of nitrogen functional groups attached to an aromatic ring is 1. The number of halogens is 1.